The van der Waals surface area contributed by atoms with Crippen LogP contribution in [-0.4, -0.2) is 0 Å². The number of aryl methyl sites for hydroxylation is 4. The zero-order valence-corrected chi connectivity index (χ0v) is 26.8. The summed E-state index contributed by atoms with van der Waals surface area (Å²) in [5.74, 6) is 0. The molecule has 0 saturated heterocycles. The second-order valence-electron chi connectivity index (χ2n) is 13.0. The molecule has 0 spiro atoms. The van der Waals surface area contributed by atoms with E-state index in [1.165, 1.54) is 118 Å². The highest BCUT2D eigenvalue weighted by atomic mass is 14.5. The summed E-state index contributed by atoms with van der Waals surface area (Å²) in [6.45, 7) is 9.09. The van der Waals surface area contributed by atoms with Crippen LogP contribution in [0.25, 0.3) is 21.9 Å². The second-order valence-corrected chi connectivity index (χ2v) is 13.0. The van der Waals surface area contributed by atoms with Gasteiger partial charge in [0.15, 0.2) is 0 Å². The van der Waals surface area contributed by atoms with E-state index in [-0.39, 0.29) is 5.41 Å². The topological polar surface area (TPSA) is 0 Å². The van der Waals surface area contributed by atoms with Crippen molar-refractivity contribution in [2.24, 2.45) is 0 Å². The van der Waals surface area contributed by atoms with Crippen molar-refractivity contribution in [2.45, 2.75) is 97.3 Å². The van der Waals surface area contributed by atoms with Crippen LogP contribution in [0.15, 0.2) is 97.1 Å². The maximum atomic E-state index is 2.48. The second kappa shape index (κ2) is 12.9. The zero-order valence-electron chi connectivity index (χ0n) is 26.8. The van der Waals surface area contributed by atoms with Crippen LogP contribution >= 0.6 is 0 Å². The molecule has 5 aromatic carbocycles. The monoisotopic (exact) mass is 564 g/mol. The fourth-order valence-corrected chi connectivity index (χ4v) is 7.59. The molecule has 0 nitrogen and oxygen atoms in total. The first-order valence-corrected chi connectivity index (χ1v) is 16.9. The molecule has 0 saturated carbocycles. The first-order chi connectivity index (χ1) is 21.1. The first-order valence-electron chi connectivity index (χ1n) is 16.9. The Hall–Kier alpha value is -3.64. The van der Waals surface area contributed by atoms with Crippen LogP contribution in [0.5, 0.6) is 0 Å². The summed E-state index contributed by atoms with van der Waals surface area (Å²) >= 11 is 0. The summed E-state index contributed by atoms with van der Waals surface area (Å²) in [7, 11) is 0. The predicted octanol–water partition coefficient (Wildman–Crippen LogP) is 12.1. The largest absolute Gasteiger partial charge is 0.0713 e. The van der Waals surface area contributed by atoms with E-state index in [0.29, 0.717) is 0 Å². The van der Waals surface area contributed by atoms with E-state index in [4.69, 9.17) is 0 Å². The summed E-state index contributed by atoms with van der Waals surface area (Å²) in [6, 6.07) is 38.3. The van der Waals surface area contributed by atoms with Crippen molar-refractivity contribution < 1.29 is 0 Å². The van der Waals surface area contributed by atoms with Crippen molar-refractivity contribution in [2.75, 3.05) is 0 Å². The molecule has 1 aliphatic carbocycles. The third-order valence-corrected chi connectivity index (χ3v) is 9.81. The van der Waals surface area contributed by atoms with Crippen molar-refractivity contribution in [3.8, 4) is 11.1 Å². The number of unbranched alkanes of at least 4 members (excludes halogenated alkanes) is 6. The van der Waals surface area contributed by atoms with Crippen molar-refractivity contribution in [3.05, 3.63) is 142 Å². The maximum Gasteiger partial charge on any atom is 0.0713 e. The van der Waals surface area contributed by atoms with Gasteiger partial charge in [-0.15, -0.1) is 0 Å². The Morgan fingerprint density at radius 1 is 0.488 bits per heavy atom. The van der Waals surface area contributed by atoms with Crippen LogP contribution in [0, 0.1) is 13.8 Å². The third kappa shape index (κ3) is 5.58. The van der Waals surface area contributed by atoms with Gasteiger partial charge in [0.25, 0.3) is 0 Å². The summed E-state index contributed by atoms with van der Waals surface area (Å²) < 4.78 is 0. The number of rotatable bonds is 12. The van der Waals surface area contributed by atoms with E-state index in [0.717, 1.165) is 12.8 Å². The number of benzene rings is 5. The molecule has 220 valence electrons. The van der Waals surface area contributed by atoms with Gasteiger partial charge >= 0.3 is 0 Å². The van der Waals surface area contributed by atoms with Gasteiger partial charge in [-0.3, -0.25) is 0 Å². The third-order valence-electron chi connectivity index (χ3n) is 9.81. The van der Waals surface area contributed by atoms with Gasteiger partial charge < -0.3 is 0 Å². The molecule has 0 radical (unpaired) electrons. The predicted molar refractivity (Wildman–Crippen MR) is 186 cm³/mol. The molecule has 0 heteroatoms. The van der Waals surface area contributed by atoms with E-state index in [1.807, 2.05) is 0 Å². The SMILES string of the molecule is CCCCCCc1ccc(C2(c3ccc(CCCCCC)cc3)c3cc(C)ccc3-c3cccc4cc(C)cc2c34)cc1. The number of hydrogen-bond acceptors (Lipinski definition) is 0. The Balaban J connectivity index is 1.57. The van der Waals surface area contributed by atoms with Gasteiger partial charge in [-0.05, 0) is 94.8 Å². The Bertz CT molecular complexity index is 1630. The molecule has 0 bridgehead atoms. The van der Waals surface area contributed by atoms with Crippen molar-refractivity contribution in [1.29, 1.82) is 0 Å². The van der Waals surface area contributed by atoms with Crippen molar-refractivity contribution in [3.63, 3.8) is 0 Å². The molecule has 0 aliphatic heterocycles. The van der Waals surface area contributed by atoms with Gasteiger partial charge in [0, 0.05) is 0 Å². The molecule has 0 N–H and O–H groups in total. The van der Waals surface area contributed by atoms with Gasteiger partial charge in [-0.25, -0.2) is 0 Å². The van der Waals surface area contributed by atoms with Gasteiger partial charge in [-0.2, -0.15) is 0 Å². The smallest absolute Gasteiger partial charge is 0.0654 e. The Morgan fingerprint density at radius 2 is 1.07 bits per heavy atom. The van der Waals surface area contributed by atoms with Crippen LogP contribution in [0.3, 0.4) is 0 Å². The molecule has 0 unspecified atom stereocenters. The van der Waals surface area contributed by atoms with Crippen molar-refractivity contribution >= 4 is 10.8 Å². The minimum Gasteiger partial charge on any atom is -0.0654 e. The minimum absolute atomic E-state index is 0.387. The zero-order chi connectivity index (χ0) is 29.8. The molecule has 43 heavy (non-hydrogen) atoms. The fraction of sp³-hybridized carbons (Fsp3) is 0.349. The molecule has 0 heterocycles. The average Bonchev–Trinajstić information content (AvgIpc) is 3.02. The Labute approximate surface area is 260 Å². The maximum absolute atomic E-state index is 2.48. The molecular weight excluding hydrogens is 516 g/mol. The highest BCUT2D eigenvalue weighted by molar-refractivity contribution is 6.05. The average molecular weight is 565 g/mol. The molecule has 1 aliphatic rings. The van der Waals surface area contributed by atoms with Gasteiger partial charge in [0.05, 0.1) is 5.41 Å². The van der Waals surface area contributed by atoms with E-state index in [2.05, 4.69) is 125 Å². The van der Waals surface area contributed by atoms with Crippen LogP contribution in [0.4, 0.5) is 0 Å². The normalized spacial score (nSPS) is 13.3. The lowest BCUT2D eigenvalue weighted by atomic mass is 9.59. The molecule has 6 rings (SSSR count). The van der Waals surface area contributed by atoms with E-state index < -0.39 is 0 Å². The molecule has 0 fully saturated rings. The highest BCUT2D eigenvalue weighted by Gasteiger charge is 2.44. The fourth-order valence-electron chi connectivity index (χ4n) is 7.59. The molecule has 0 aromatic heterocycles. The lowest BCUT2D eigenvalue weighted by molar-refractivity contribution is 0.665. The molecule has 5 aromatic rings. The van der Waals surface area contributed by atoms with Crippen LogP contribution in [-0.2, 0) is 18.3 Å². The van der Waals surface area contributed by atoms with E-state index in [9.17, 15) is 0 Å². The summed E-state index contributed by atoms with van der Waals surface area (Å²) in [5.41, 5.74) is 13.4. The van der Waals surface area contributed by atoms with Crippen LogP contribution in [0.2, 0.25) is 0 Å². The van der Waals surface area contributed by atoms with Gasteiger partial charge in [-0.1, -0.05) is 161 Å². The first kappa shape index (κ1) is 29.4. The lowest BCUT2D eigenvalue weighted by Crippen LogP contribution is -2.34. The summed E-state index contributed by atoms with van der Waals surface area (Å²) in [5, 5.41) is 2.74. The van der Waals surface area contributed by atoms with E-state index in [1.54, 1.807) is 0 Å². The van der Waals surface area contributed by atoms with Crippen LogP contribution < -0.4 is 0 Å². The highest BCUT2D eigenvalue weighted by Crippen LogP contribution is 2.55. The Kier molecular flexibility index (Phi) is 8.85. The minimum atomic E-state index is -0.387. The lowest BCUT2D eigenvalue weighted by Gasteiger charge is -2.42. The molecular formula is C43H48. The van der Waals surface area contributed by atoms with Gasteiger partial charge in [0.1, 0.15) is 0 Å². The Morgan fingerprint density at radius 3 is 1.65 bits per heavy atom. The number of fused-ring (bicyclic) bond motifs is 2. The van der Waals surface area contributed by atoms with E-state index >= 15 is 0 Å². The molecule has 0 amide bonds. The number of hydrogen-bond donors (Lipinski definition) is 0. The summed E-state index contributed by atoms with van der Waals surface area (Å²) in [4.78, 5) is 0. The van der Waals surface area contributed by atoms with Crippen LogP contribution in [0.1, 0.15) is 110 Å². The molecule has 0 atom stereocenters. The van der Waals surface area contributed by atoms with Crippen molar-refractivity contribution in [1.82, 2.24) is 0 Å². The standard InChI is InChI=1S/C43H48/c1-5-7-9-11-14-33-19-23-36(24-20-33)43(37-25-21-34(22-26-37)15-12-10-8-6-2)40-29-31(3)18-27-38(40)39-17-13-16-35-28-32(4)30-41(43)42(35)39/h13,16-30H,5-12,14-15H2,1-4H3. The summed E-state index contributed by atoms with van der Waals surface area (Å²) in [6.07, 6.45) is 12.7. The van der Waals surface area contributed by atoms with Gasteiger partial charge in [0.2, 0.25) is 0 Å². The quantitative estimate of drug-likeness (QED) is 0.130.